The molecule has 2 aromatic rings. The molecule has 2 fully saturated rings. The molecule has 0 radical (unpaired) electrons. The molecule has 2 aliphatic heterocycles. The van der Waals surface area contributed by atoms with Gasteiger partial charge in [-0.3, -0.25) is 19.5 Å². The Bertz CT molecular complexity index is 1040. The molecule has 3 amide bonds. The quantitative estimate of drug-likeness (QED) is 0.735. The molecule has 3 heterocycles. The average molecular weight is 433 g/mol. The summed E-state index contributed by atoms with van der Waals surface area (Å²) in [6.45, 7) is 0.810. The molecule has 0 bridgehead atoms. The van der Waals surface area contributed by atoms with E-state index in [1.54, 1.807) is 23.2 Å². The van der Waals surface area contributed by atoms with Crippen molar-refractivity contribution in [3.63, 3.8) is 0 Å². The van der Waals surface area contributed by atoms with Crippen LogP contribution in [0.5, 0.6) is 0 Å². The van der Waals surface area contributed by atoms with Crippen molar-refractivity contribution in [3.05, 3.63) is 65.0 Å². The predicted octanol–water partition coefficient (Wildman–Crippen LogP) is 2.73. The van der Waals surface area contributed by atoms with Crippen LogP contribution >= 0.6 is 0 Å². The second-order valence-corrected chi connectivity index (χ2v) is 8.91. The van der Waals surface area contributed by atoms with Gasteiger partial charge in [-0.2, -0.15) is 0 Å². The van der Waals surface area contributed by atoms with E-state index < -0.39 is 12.1 Å². The molecule has 1 aliphatic carbocycles. The summed E-state index contributed by atoms with van der Waals surface area (Å²) in [5.74, 6) is -0.314. The molecule has 1 aromatic heterocycles. The van der Waals surface area contributed by atoms with Gasteiger partial charge in [0.2, 0.25) is 5.91 Å². The van der Waals surface area contributed by atoms with Crippen molar-refractivity contribution in [2.24, 2.45) is 0 Å². The van der Waals surface area contributed by atoms with Crippen molar-refractivity contribution in [1.29, 1.82) is 0 Å². The molecule has 32 heavy (non-hydrogen) atoms. The van der Waals surface area contributed by atoms with Crippen LogP contribution < -0.4 is 5.32 Å². The molecule has 1 aromatic carbocycles. The molecule has 0 spiro atoms. The zero-order valence-electron chi connectivity index (χ0n) is 18.1. The Hall–Kier alpha value is -3.06. The van der Waals surface area contributed by atoms with Crippen molar-refractivity contribution in [2.75, 3.05) is 13.1 Å². The highest BCUT2D eigenvalue weighted by molar-refractivity contribution is 6.04. The third-order valence-corrected chi connectivity index (χ3v) is 6.87. The van der Waals surface area contributed by atoms with E-state index in [9.17, 15) is 14.4 Å². The summed E-state index contributed by atoms with van der Waals surface area (Å²) in [6.07, 6.45) is 7.63. The first-order chi connectivity index (χ1) is 15.6. The van der Waals surface area contributed by atoms with Gasteiger partial charge in [0.15, 0.2) is 5.78 Å². The fraction of sp³-hybridized carbons (Fsp3) is 0.440. The number of carbonyl (C=O) groups is 3. The van der Waals surface area contributed by atoms with Gasteiger partial charge >= 0.3 is 6.03 Å². The number of rotatable bonds is 5. The van der Waals surface area contributed by atoms with Gasteiger partial charge in [0.05, 0.1) is 24.8 Å². The van der Waals surface area contributed by atoms with Crippen molar-refractivity contribution in [3.8, 4) is 0 Å². The number of Topliss-reactive ketones (excluding diaryl/α,β-unsaturated/α-hetero) is 1. The van der Waals surface area contributed by atoms with Gasteiger partial charge in [-0.05, 0) is 74.4 Å². The Balaban J connectivity index is 1.40. The minimum absolute atomic E-state index is 0.0214. The van der Waals surface area contributed by atoms with Crippen LogP contribution in [0.2, 0.25) is 0 Å². The van der Waals surface area contributed by atoms with Crippen molar-refractivity contribution < 1.29 is 14.4 Å². The topological polar surface area (TPSA) is 82.6 Å². The Morgan fingerprint density at radius 3 is 2.72 bits per heavy atom. The SMILES string of the molecule is O=C(CN1C(=O)N(Cc2ccccn2)C(=O)C2NCCCC21)c1ccc2c(c1)CCCC2. The minimum Gasteiger partial charge on any atom is -0.311 e. The summed E-state index contributed by atoms with van der Waals surface area (Å²) in [7, 11) is 0. The molecule has 2 atom stereocenters. The summed E-state index contributed by atoms with van der Waals surface area (Å²) >= 11 is 0. The maximum Gasteiger partial charge on any atom is 0.327 e. The standard InChI is InChI=1S/C25H28N4O3/c30-22(19-11-10-17-6-1-2-7-18(17)14-19)16-28-21-9-5-13-27-23(21)24(31)29(25(28)32)15-20-8-3-4-12-26-20/h3-4,8,10-12,14,21,23,27H,1-2,5-7,9,13,15-16H2. The monoisotopic (exact) mass is 432 g/mol. The lowest BCUT2D eigenvalue weighted by atomic mass is 9.89. The molecule has 0 saturated carbocycles. The second kappa shape index (κ2) is 8.82. The van der Waals surface area contributed by atoms with Crippen LogP contribution in [0.1, 0.15) is 52.9 Å². The number of hydrogen-bond acceptors (Lipinski definition) is 5. The Kier molecular flexibility index (Phi) is 5.74. The van der Waals surface area contributed by atoms with E-state index in [0.717, 1.165) is 32.2 Å². The normalized spacial score (nSPS) is 23.0. The maximum atomic E-state index is 13.4. The Morgan fingerprint density at radius 2 is 1.91 bits per heavy atom. The van der Waals surface area contributed by atoms with Gasteiger partial charge in [0.25, 0.3) is 0 Å². The van der Waals surface area contributed by atoms with Crippen LogP contribution in [-0.2, 0) is 24.2 Å². The predicted molar refractivity (Wildman–Crippen MR) is 119 cm³/mol. The van der Waals surface area contributed by atoms with Gasteiger partial charge in [0.1, 0.15) is 6.04 Å². The number of aromatic nitrogens is 1. The first-order valence-electron chi connectivity index (χ1n) is 11.5. The molecule has 2 unspecified atom stereocenters. The molecular weight excluding hydrogens is 404 g/mol. The molecule has 7 nitrogen and oxygen atoms in total. The lowest BCUT2D eigenvalue weighted by Crippen LogP contribution is -2.69. The third-order valence-electron chi connectivity index (χ3n) is 6.87. The molecule has 1 N–H and O–H groups in total. The first kappa shape index (κ1) is 20.8. The highest BCUT2D eigenvalue weighted by Gasteiger charge is 2.47. The highest BCUT2D eigenvalue weighted by atomic mass is 16.2. The van der Waals surface area contributed by atoms with Gasteiger partial charge in [-0.15, -0.1) is 0 Å². The number of piperidine rings is 1. The molecular formula is C25H28N4O3. The van der Waals surface area contributed by atoms with E-state index in [4.69, 9.17) is 0 Å². The number of carbonyl (C=O) groups excluding carboxylic acids is 3. The number of benzene rings is 1. The number of hydrogen-bond donors (Lipinski definition) is 1. The maximum absolute atomic E-state index is 13.4. The molecule has 166 valence electrons. The summed E-state index contributed by atoms with van der Waals surface area (Å²) < 4.78 is 0. The van der Waals surface area contributed by atoms with Crippen LogP contribution in [0.25, 0.3) is 0 Å². The van der Waals surface area contributed by atoms with E-state index >= 15 is 0 Å². The number of fused-ring (bicyclic) bond motifs is 2. The van der Waals surface area contributed by atoms with Crippen molar-refractivity contribution in [2.45, 2.75) is 57.2 Å². The summed E-state index contributed by atoms with van der Waals surface area (Å²) in [4.78, 5) is 46.9. The van der Waals surface area contributed by atoms with Crippen molar-refractivity contribution in [1.82, 2.24) is 20.1 Å². The Labute approximate surface area is 187 Å². The van der Waals surface area contributed by atoms with Gasteiger partial charge in [-0.1, -0.05) is 18.2 Å². The second-order valence-electron chi connectivity index (χ2n) is 8.91. The van der Waals surface area contributed by atoms with Crippen LogP contribution in [0.3, 0.4) is 0 Å². The number of pyridine rings is 1. The lowest BCUT2D eigenvalue weighted by molar-refractivity contribution is -0.137. The number of ketones is 1. The number of nitrogens with zero attached hydrogens (tertiary/aromatic N) is 3. The molecule has 7 heteroatoms. The van der Waals surface area contributed by atoms with Gasteiger partial charge in [0, 0.05) is 11.8 Å². The lowest BCUT2D eigenvalue weighted by Gasteiger charge is -2.46. The smallest absolute Gasteiger partial charge is 0.311 e. The van der Waals surface area contributed by atoms with Crippen LogP contribution in [0.4, 0.5) is 4.79 Å². The third kappa shape index (κ3) is 3.93. The number of urea groups is 1. The van der Waals surface area contributed by atoms with Gasteiger partial charge in [-0.25, -0.2) is 4.79 Å². The Morgan fingerprint density at radius 1 is 1.06 bits per heavy atom. The number of imide groups is 1. The largest absolute Gasteiger partial charge is 0.327 e. The molecule has 3 aliphatic rings. The van der Waals surface area contributed by atoms with E-state index in [0.29, 0.717) is 17.7 Å². The zero-order valence-corrected chi connectivity index (χ0v) is 18.1. The van der Waals surface area contributed by atoms with Crippen LogP contribution in [0.15, 0.2) is 42.6 Å². The number of nitrogens with one attached hydrogen (secondary N) is 1. The van der Waals surface area contributed by atoms with Crippen molar-refractivity contribution >= 4 is 17.7 Å². The van der Waals surface area contributed by atoms with E-state index in [1.165, 1.54) is 22.4 Å². The summed E-state index contributed by atoms with van der Waals surface area (Å²) in [5, 5.41) is 3.27. The zero-order chi connectivity index (χ0) is 22.1. The van der Waals surface area contributed by atoms with Crippen LogP contribution in [0, 0.1) is 0 Å². The first-order valence-corrected chi connectivity index (χ1v) is 11.5. The average Bonchev–Trinajstić information content (AvgIpc) is 2.84. The molecule has 5 rings (SSSR count). The fourth-order valence-corrected chi connectivity index (χ4v) is 5.16. The summed E-state index contributed by atoms with van der Waals surface area (Å²) in [5.41, 5.74) is 3.86. The van der Waals surface area contributed by atoms with E-state index in [1.807, 2.05) is 18.2 Å². The highest BCUT2D eigenvalue weighted by Crippen LogP contribution is 2.27. The summed E-state index contributed by atoms with van der Waals surface area (Å²) in [6, 6.07) is 10.2. The number of aryl methyl sites for hydroxylation is 2. The van der Waals surface area contributed by atoms with E-state index in [2.05, 4.69) is 16.4 Å². The number of amides is 3. The minimum atomic E-state index is -0.485. The van der Waals surface area contributed by atoms with E-state index in [-0.39, 0.29) is 30.8 Å². The van der Waals surface area contributed by atoms with Crippen LogP contribution in [-0.4, -0.2) is 57.7 Å². The fourth-order valence-electron chi connectivity index (χ4n) is 5.16. The molecule has 2 saturated heterocycles. The van der Waals surface area contributed by atoms with Gasteiger partial charge < -0.3 is 10.2 Å².